The molecule has 0 aromatic carbocycles. The summed E-state index contributed by atoms with van der Waals surface area (Å²) in [5, 5.41) is 0. The number of alkyl halides is 2. The fourth-order valence-corrected chi connectivity index (χ4v) is 1.52. The molecular weight excluding hydrogens is 194 g/mol. The van der Waals surface area contributed by atoms with Crippen LogP contribution in [0.3, 0.4) is 0 Å². The Morgan fingerprint density at radius 1 is 1.64 bits per heavy atom. The molecule has 0 N–H and O–H groups in total. The second-order valence-electron chi connectivity index (χ2n) is 3.32. The van der Waals surface area contributed by atoms with Gasteiger partial charge in [0.15, 0.2) is 0 Å². The summed E-state index contributed by atoms with van der Waals surface area (Å²) in [7, 11) is 0. The molecule has 5 heteroatoms. The third-order valence-corrected chi connectivity index (χ3v) is 2.31. The minimum atomic E-state index is -3.51. The highest BCUT2D eigenvalue weighted by Crippen LogP contribution is 2.37. The molecule has 0 aromatic heterocycles. The number of ether oxygens (including phenoxy) is 1. The topological polar surface area (TPSA) is 43.4 Å². The minimum Gasteiger partial charge on any atom is -0.462 e. The zero-order chi connectivity index (χ0) is 10.8. The van der Waals surface area contributed by atoms with E-state index in [4.69, 9.17) is 0 Å². The summed E-state index contributed by atoms with van der Waals surface area (Å²) in [6.07, 6.45) is -0.00385. The average Bonchev–Trinajstić information content (AvgIpc) is 2.52. The monoisotopic (exact) mass is 206 g/mol. The summed E-state index contributed by atoms with van der Waals surface area (Å²) >= 11 is 0. The molecule has 1 saturated carbocycles. The van der Waals surface area contributed by atoms with E-state index in [-0.39, 0.29) is 31.7 Å². The Labute approximate surface area is 80.4 Å². The van der Waals surface area contributed by atoms with E-state index in [0.29, 0.717) is 0 Å². The lowest BCUT2D eigenvalue weighted by Gasteiger charge is -2.19. The van der Waals surface area contributed by atoms with Crippen molar-refractivity contribution in [3.8, 4) is 0 Å². The number of Topliss-reactive ketones (excluding diaryl/α,β-unsaturated/α-hetero) is 1. The van der Waals surface area contributed by atoms with Gasteiger partial charge in [-0.15, -0.1) is 0 Å². The van der Waals surface area contributed by atoms with Crippen molar-refractivity contribution >= 4 is 11.8 Å². The number of ketones is 1. The van der Waals surface area contributed by atoms with Crippen molar-refractivity contribution in [2.24, 2.45) is 5.92 Å². The zero-order valence-electron chi connectivity index (χ0n) is 7.89. The van der Waals surface area contributed by atoms with Gasteiger partial charge in [-0.05, 0) is 13.3 Å². The first kappa shape index (κ1) is 11.1. The first-order valence-corrected chi connectivity index (χ1v) is 4.55. The summed E-state index contributed by atoms with van der Waals surface area (Å²) in [6, 6.07) is 0. The molecule has 1 aliphatic carbocycles. The van der Waals surface area contributed by atoms with Gasteiger partial charge in [0.2, 0.25) is 0 Å². The van der Waals surface area contributed by atoms with Gasteiger partial charge in [0.25, 0.3) is 0 Å². The second kappa shape index (κ2) is 4.02. The molecule has 0 aromatic rings. The molecule has 0 spiro atoms. The van der Waals surface area contributed by atoms with Crippen LogP contribution in [0.4, 0.5) is 8.78 Å². The van der Waals surface area contributed by atoms with Crippen molar-refractivity contribution in [3.63, 3.8) is 0 Å². The highest BCUT2D eigenvalue weighted by molar-refractivity contribution is 5.84. The molecule has 0 heterocycles. The molecule has 14 heavy (non-hydrogen) atoms. The van der Waals surface area contributed by atoms with Crippen LogP contribution in [-0.2, 0) is 14.3 Å². The molecular formula is C9H12F2O3. The van der Waals surface area contributed by atoms with Crippen LogP contribution >= 0.6 is 0 Å². The number of carbonyl (C=O) groups is 2. The van der Waals surface area contributed by atoms with E-state index in [0.717, 1.165) is 0 Å². The first-order chi connectivity index (χ1) is 6.48. The molecule has 1 fully saturated rings. The molecule has 1 aliphatic rings. The summed E-state index contributed by atoms with van der Waals surface area (Å²) in [5.41, 5.74) is 0. The standard InChI is InChI=1S/C9H12F2O3/c1-2-14-8(13)9(10,11)6-3-4-7(12)5-6/h6H,2-5H2,1H3. The molecule has 0 aliphatic heterocycles. The van der Waals surface area contributed by atoms with Gasteiger partial charge >= 0.3 is 11.9 Å². The van der Waals surface area contributed by atoms with E-state index in [2.05, 4.69) is 4.74 Å². The van der Waals surface area contributed by atoms with E-state index in [1.165, 1.54) is 6.92 Å². The molecule has 1 rings (SSSR count). The molecule has 1 atom stereocenters. The van der Waals surface area contributed by atoms with E-state index >= 15 is 0 Å². The zero-order valence-corrected chi connectivity index (χ0v) is 7.89. The van der Waals surface area contributed by atoms with Crippen molar-refractivity contribution in [2.45, 2.75) is 32.1 Å². The molecule has 0 amide bonds. The number of hydrogen-bond acceptors (Lipinski definition) is 3. The van der Waals surface area contributed by atoms with Crippen LogP contribution in [0.15, 0.2) is 0 Å². The number of halogens is 2. The SMILES string of the molecule is CCOC(=O)C(F)(F)C1CCC(=O)C1. The smallest absolute Gasteiger partial charge is 0.377 e. The van der Waals surface area contributed by atoms with E-state index in [1.54, 1.807) is 0 Å². The average molecular weight is 206 g/mol. The number of rotatable bonds is 3. The maximum atomic E-state index is 13.3. The number of esters is 1. The molecule has 0 bridgehead atoms. The fourth-order valence-electron chi connectivity index (χ4n) is 1.52. The quantitative estimate of drug-likeness (QED) is 0.658. The van der Waals surface area contributed by atoms with Crippen molar-refractivity contribution < 1.29 is 23.1 Å². The molecule has 0 saturated heterocycles. The van der Waals surface area contributed by atoms with E-state index in [9.17, 15) is 18.4 Å². The lowest BCUT2D eigenvalue weighted by Crippen LogP contribution is -2.37. The van der Waals surface area contributed by atoms with Crippen LogP contribution in [-0.4, -0.2) is 24.3 Å². The number of carbonyl (C=O) groups excluding carboxylic acids is 2. The van der Waals surface area contributed by atoms with Gasteiger partial charge in [0.05, 0.1) is 6.61 Å². The van der Waals surface area contributed by atoms with Gasteiger partial charge in [-0.25, -0.2) is 4.79 Å². The lowest BCUT2D eigenvalue weighted by atomic mass is 10.00. The van der Waals surface area contributed by atoms with Crippen molar-refractivity contribution in [3.05, 3.63) is 0 Å². The summed E-state index contributed by atoms with van der Waals surface area (Å²) in [5.74, 6) is -6.41. The van der Waals surface area contributed by atoms with Gasteiger partial charge < -0.3 is 4.74 Å². The third-order valence-electron chi connectivity index (χ3n) is 2.31. The Morgan fingerprint density at radius 2 is 2.29 bits per heavy atom. The molecule has 0 radical (unpaired) electrons. The van der Waals surface area contributed by atoms with E-state index in [1.807, 2.05) is 0 Å². The van der Waals surface area contributed by atoms with Crippen molar-refractivity contribution in [2.75, 3.05) is 6.61 Å². The molecule has 80 valence electrons. The fraction of sp³-hybridized carbons (Fsp3) is 0.778. The van der Waals surface area contributed by atoms with E-state index < -0.39 is 17.8 Å². The van der Waals surface area contributed by atoms with Crippen molar-refractivity contribution in [1.29, 1.82) is 0 Å². The largest absolute Gasteiger partial charge is 0.462 e. The first-order valence-electron chi connectivity index (χ1n) is 4.55. The van der Waals surface area contributed by atoms with Gasteiger partial charge in [0, 0.05) is 18.8 Å². The van der Waals surface area contributed by atoms with Crippen LogP contribution in [0.5, 0.6) is 0 Å². The highest BCUT2D eigenvalue weighted by atomic mass is 19.3. The van der Waals surface area contributed by atoms with Crippen LogP contribution in [0.1, 0.15) is 26.2 Å². The van der Waals surface area contributed by atoms with Crippen LogP contribution < -0.4 is 0 Å². The van der Waals surface area contributed by atoms with Gasteiger partial charge in [0.1, 0.15) is 5.78 Å². The Kier molecular flexibility index (Phi) is 3.18. The molecule has 3 nitrogen and oxygen atoms in total. The van der Waals surface area contributed by atoms with Crippen LogP contribution in [0.25, 0.3) is 0 Å². The lowest BCUT2D eigenvalue weighted by molar-refractivity contribution is -0.179. The third kappa shape index (κ3) is 2.08. The van der Waals surface area contributed by atoms with Gasteiger partial charge in [-0.2, -0.15) is 8.78 Å². The Bertz CT molecular complexity index is 250. The predicted octanol–water partition coefficient (Wildman–Crippen LogP) is 1.55. The van der Waals surface area contributed by atoms with Crippen LogP contribution in [0.2, 0.25) is 0 Å². The summed E-state index contributed by atoms with van der Waals surface area (Å²) in [4.78, 5) is 21.7. The minimum absolute atomic E-state index is 0.0741. The summed E-state index contributed by atoms with van der Waals surface area (Å²) < 4.78 is 30.8. The second-order valence-corrected chi connectivity index (χ2v) is 3.32. The van der Waals surface area contributed by atoms with Gasteiger partial charge in [-0.3, -0.25) is 4.79 Å². The Morgan fingerprint density at radius 3 is 2.71 bits per heavy atom. The maximum absolute atomic E-state index is 13.3. The molecule has 1 unspecified atom stereocenters. The predicted molar refractivity (Wildman–Crippen MR) is 43.9 cm³/mol. The maximum Gasteiger partial charge on any atom is 0.377 e. The highest BCUT2D eigenvalue weighted by Gasteiger charge is 2.50. The number of hydrogen-bond donors (Lipinski definition) is 0. The van der Waals surface area contributed by atoms with Crippen LogP contribution in [0, 0.1) is 5.92 Å². The van der Waals surface area contributed by atoms with Crippen molar-refractivity contribution in [1.82, 2.24) is 0 Å². The normalized spacial score (nSPS) is 22.5. The summed E-state index contributed by atoms with van der Waals surface area (Å²) in [6.45, 7) is 1.39. The Hall–Kier alpha value is -1.00. The Balaban J connectivity index is 2.64. The van der Waals surface area contributed by atoms with Gasteiger partial charge in [-0.1, -0.05) is 0 Å².